The van der Waals surface area contributed by atoms with Crippen LogP contribution in [0.25, 0.3) is 0 Å². The Balaban J connectivity index is 3.06. The number of nitrogens with one attached hydrogen (secondary N) is 3. The van der Waals surface area contributed by atoms with Gasteiger partial charge in [-0.05, 0) is 29.5 Å². The Hall–Kier alpha value is -3.67. The van der Waals surface area contributed by atoms with Crippen LogP contribution >= 0.6 is 0 Å². The van der Waals surface area contributed by atoms with E-state index < -0.39 is 60.2 Å². The van der Waals surface area contributed by atoms with Crippen LogP contribution in [0.4, 0.5) is 0 Å². The molecule has 0 spiro atoms. The topological polar surface area (TPSA) is 208 Å². The molecule has 0 aliphatic rings. The summed E-state index contributed by atoms with van der Waals surface area (Å²) in [6, 6.07) is 0.686. The van der Waals surface area contributed by atoms with Crippen molar-refractivity contribution in [1.29, 1.82) is 0 Å². The molecule has 1 aromatic carbocycles. The quantitative estimate of drug-likeness (QED) is 0.180. The third kappa shape index (κ3) is 9.53. The monoisotopic (exact) mass is 508 g/mol. The Kier molecular flexibility index (Phi) is 11.8. The molecule has 3 amide bonds. The van der Waals surface area contributed by atoms with Crippen LogP contribution in [0.3, 0.4) is 0 Å². The highest BCUT2D eigenvalue weighted by atomic mass is 16.4. The summed E-state index contributed by atoms with van der Waals surface area (Å²) in [5, 5.41) is 35.4. The number of carboxylic acids is 2. The number of benzene rings is 1. The number of phenolic OH excluding ortho intramolecular Hbond substituents is 1. The van der Waals surface area contributed by atoms with Crippen LogP contribution in [-0.4, -0.2) is 69.1 Å². The Morgan fingerprint density at radius 2 is 1.42 bits per heavy atom. The first-order valence-corrected chi connectivity index (χ1v) is 11.7. The summed E-state index contributed by atoms with van der Waals surface area (Å²) in [7, 11) is 0. The summed E-state index contributed by atoms with van der Waals surface area (Å²) in [5.41, 5.74) is 6.37. The molecule has 0 heterocycles. The number of nitrogens with two attached hydrogens (primary N) is 1. The van der Waals surface area contributed by atoms with Crippen molar-refractivity contribution in [2.75, 3.05) is 0 Å². The van der Waals surface area contributed by atoms with E-state index in [9.17, 15) is 39.3 Å². The zero-order valence-corrected chi connectivity index (χ0v) is 20.9. The lowest BCUT2D eigenvalue weighted by molar-refractivity contribution is -0.143. The number of carbonyl (C=O) groups excluding carboxylic acids is 3. The van der Waals surface area contributed by atoms with Crippen molar-refractivity contribution in [3.63, 3.8) is 0 Å². The van der Waals surface area contributed by atoms with Gasteiger partial charge in [-0.25, -0.2) is 4.79 Å². The van der Waals surface area contributed by atoms with Gasteiger partial charge in [-0.1, -0.05) is 46.2 Å². The van der Waals surface area contributed by atoms with Crippen LogP contribution in [0.2, 0.25) is 0 Å². The second kappa shape index (κ2) is 14.0. The molecule has 5 unspecified atom stereocenters. The summed E-state index contributed by atoms with van der Waals surface area (Å²) in [4.78, 5) is 61.5. The van der Waals surface area contributed by atoms with Gasteiger partial charge in [0, 0.05) is 6.42 Å². The van der Waals surface area contributed by atoms with Crippen molar-refractivity contribution in [2.45, 2.75) is 71.1 Å². The Morgan fingerprint density at radius 3 is 1.89 bits per heavy atom. The van der Waals surface area contributed by atoms with E-state index in [1.165, 1.54) is 24.3 Å². The molecule has 5 atom stereocenters. The summed E-state index contributed by atoms with van der Waals surface area (Å²) >= 11 is 0. The van der Waals surface area contributed by atoms with E-state index in [0.29, 0.717) is 12.0 Å². The number of aromatic hydroxyl groups is 1. The first-order chi connectivity index (χ1) is 16.8. The number of rotatable bonds is 14. The van der Waals surface area contributed by atoms with Crippen molar-refractivity contribution >= 4 is 29.7 Å². The molecule has 0 aromatic heterocycles. The molecule has 12 nitrogen and oxygen atoms in total. The molecule has 12 heteroatoms. The van der Waals surface area contributed by atoms with Crippen LogP contribution < -0.4 is 21.7 Å². The predicted molar refractivity (Wildman–Crippen MR) is 130 cm³/mol. The van der Waals surface area contributed by atoms with Crippen LogP contribution in [0.1, 0.15) is 46.1 Å². The van der Waals surface area contributed by atoms with Crippen LogP contribution in [0, 0.1) is 11.8 Å². The second-order valence-corrected chi connectivity index (χ2v) is 9.07. The van der Waals surface area contributed by atoms with Crippen molar-refractivity contribution in [3.8, 4) is 5.75 Å². The van der Waals surface area contributed by atoms with E-state index in [2.05, 4.69) is 16.0 Å². The highest BCUT2D eigenvalue weighted by Gasteiger charge is 2.33. The molecule has 0 aliphatic heterocycles. The first-order valence-electron chi connectivity index (χ1n) is 11.7. The highest BCUT2D eigenvalue weighted by molar-refractivity contribution is 5.95. The fourth-order valence-electron chi connectivity index (χ4n) is 3.24. The Labute approximate surface area is 209 Å². The zero-order valence-electron chi connectivity index (χ0n) is 20.9. The molecule has 0 saturated heterocycles. The number of carbonyl (C=O) groups is 5. The summed E-state index contributed by atoms with van der Waals surface area (Å²) in [6.07, 6.45) is -0.470. The van der Waals surface area contributed by atoms with E-state index in [-0.39, 0.29) is 24.0 Å². The van der Waals surface area contributed by atoms with Crippen molar-refractivity contribution < 1.29 is 39.3 Å². The smallest absolute Gasteiger partial charge is 0.326 e. The second-order valence-electron chi connectivity index (χ2n) is 9.07. The number of hydrogen-bond acceptors (Lipinski definition) is 7. The summed E-state index contributed by atoms with van der Waals surface area (Å²) in [5.74, 6) is -5.72. The average molecular weight is 509 g/mol. The van der Waals surface area contributed by atoms with Gasteiger partial charge in [0.25, 0.3) is 0 Å². The van der Waals surface area contributed by atoms with Crippen LogP contribution in [0.15, 0.2) is 24.3 Å². The average Bonchev–Trinajstić information content (AvgIpc) is 2.81. The van der Waals surface area contributed by atoms with E-state index in [4.69, 9.17) is 5.73 Å². The van der Waals surface area contributed by atoms with Gasteiger partial charge in [-0.15, -0.1) is 0 Å². The largest absolute Gasteiger partial charge is 0.508 e. The normalized spacial score (nSPS) is 15.2. The number of phenols is 1. The van der Waals surface area contributed by atoms with Gasteiger partial charge in [0.15, 0.2) is 0 Å². The lowest BCUT2D eigenvalue weighted by Gasteiger charge is -2.28. The number of hydrogen-bond donors (Lipinski definition) is 7. The lowest BCUT2D eigenvalue weighted by atomic mass is 9.96. The van der Waals surface area contributed by atoms with E-state index in [1.807, 2.05) is 0 Å². The van der Waals surface area contributed by atoms with Gasteiger partial charge in [0.1, 0.15) is 23.9 Å². The number of amides is 3. The molecule has 0 aliphatic carbocycles. The fraction of sp³-hybridized carbons (Fsp3) is 0.542. The molecule has 0 fully saturated rings. The van der Waals surface area contributed by atoms with E-state index in [0.717, 1.165) is 0 Å². The maximum Gasteiger partial charge on any atom is 0.326 e. The molecule has 1 aromatic rings. The third-order valence-corrected chi connectivity index (χ3v) is 5.82. The van der Waals surface area contributed by atoms with Gasteiger partial charge in [0.2, 0.25) is 17.7 Å². The molecular formula is C24H36N4O8. The van der Waals surface area contributed by atoms with Gasteiger partial charge < -0.3 is 37.0 Å². The summed E-state index contributed by atoms with van der Waals surface area (Å²) < 4.78 is 0. The lowest BCUT2D eigenvalue weighted by Crippen LogP contribution is -2.59. The molecule has 1 rings (SSSR count). The molecule has 0 saturated carbocycles. The third-order valence-electron chi connectivity index (χ3n) is 5.82. The van der Waals surface area contributed by atoms with E-state index in [1.54, 1.807) is 27.7 Å². The minimum Gasteiger partial charge on any atom is -0.508 e. The molecular weight excluding hydrogens is 472 g/mol. The SMILES string of the molecule is CCC(C)C(NC(=O)C(N)C(C)C)C(=O)NC(CC(=O)O)C(=O)NC(Cc1ccc(O)cc1)C(=O)O. The molecule has 0 bridgehead atoms. The Bertz CT molecular complexity index is 935. The fourth-order valence-corrected chi connectivity index (χ4v) is 3.24. The van der Waals surface area contributed by atoms with E-state index >= 15 is 0 Å². The Morgan fingerprint density at radius 1 is 0.861 bits per heavy atom. The van der Waals surface area contributed by atoms with Crippen molar-refractivity contribution in [1.82, 2.24) is 16.0 Å². The minimum atomic E-state index is -1.60. The number of aliphatic carboxylic acids is 2. The maximum atomic E-state index is 13.0. The van der Waals surface area contributed by atoms with Gasteiger partial charge in [-0.3, -0.25) is 19.2 Å². The van der Waals surface area contributed by atoms with Crippen LogP contribution in [0.5, 0.6) is 5.75 Å². The number of carboxylic acid groups (broad SMARTS) is 2. The summed E-state index contributed by atoms with van der Waals surface area (Å²) in [6.45, 7) is 6.98. The molecule has 0 radical (unpaired) electrons. The molecule has 36 heavy (non-hydrogen) atoms. The van der Waals surface area contributed by atoms with Crippen molar-refractivity contribution in [3.05, 3.63) is 29.8 Å². The van der Waals surface area contributed by atoms with Crippen LogP contribution in [-0.2, 0) is 30.4 Å². The first kappa shape index (κ1) is 30.4. The molecule has 8 N–H and O–H groups in total. The van der Waals surface area contributed by atoms with Gasteiger partial charge in [-0.2, -0.15) is 0 Å². The predicted octanol–water partition coefficient (Wildman–Crippen LogP) is -0.0222. The minimum absolute atomic E-state index is 0.0174. The van der Waals surface area contributed by atoms with Gasteiger partial charge in [0.05, 0.1) is 12.5 Å². The van der Waals surface area contributed by atoms with Gasteiger partial charge >= 0.3 is 11.9 Å². The maximum absolute atomic E-state index is 13.0. The zero-order chi connectivity index (χ0) is 27.6. The van der Waals surface area contributed by atoms with Crippen molar-refractivity contribution in [2.24, 2.45) is 17.6 Å². The standard InChI is InChI=1S/C24H36N4O8/c1-5-13(4)20(28-22(33)19(25)12(2)3)23(34)26-16(11-18(30)31)21(32)27-17(24(35)36)10-14-6-8-15(29)9-7-14/h6-9,12-13,16-17,19-20,29H,5,10-11,25H2,1-4H3,(H,26,34)(H,27,32)(H,28,33)(H,30,31)(H,35,36). The highest BCUT2D eigenvalue weighted by Crippen LogP contribution is 2.13. The molecule has 200 valence electrons.